The minimum Gasteiger partial charge on any atom is -0.481 e. The number of aliphatic carboxylic acids is 1. The van der Waals surface area contributed by atoms with Crippen molar-refractivity contribution in [2.75, 3.05) is 33.3 Å². The Morgan fingerprint density at radius 3 is 2.85 bits per heavy atom. The van der Waals surface area contributed by atoms with Crippen LogP contribution in [0.15, 0.2) is 24.3 Å². The Morgan fingerprint density at radius 2 is 2.08 bits per heavy atom. The number of nitrogens with zero attached hydrogens (tertiary/aromatic N) is 2. The Bertz CT molecular complexity index is 705. The van der Waals surface area contributed by atoms with Crippen molar-refractivity contribution in [3.05, 3.63) is 35.4 Å². The zero-order valence-electron chi connectivity index (χ0n) is 14.9. The van der Waals surface area contributed by atoms with E-state index in [9.17, 15) is 14.4 Å². The van der Waals surface area contributed by atoms with Gasteiger partial charge in [0.25, 0.3) is 5.91 Å². The van der Waals surface area contributed by atoms with Crippen LogP contribution in [0.4, 0.5) is 0 Å². The van der Waals surface area contributed by atoms with E-state index in [0.29, 0.717) is 26.0 Å². The van der Waals surface area contributed by atoms with Crippen LogP contribution in [-0.4, -0.2) is 66.0 Å². The summed E-state index contributed by atoms with van der Waals surface area (Å²) >= 11 is 0. The van der Waals surface area contributed by atoms with Gasteiger partial charge in [-0.25, -0.2) is 0 Å². The number of fused-ring (bicyclic) bond motifs is 1. The molecule has 1 aromatic rings. The van der Waals surface area contributed by atoms with Crippen LogP contribution in [-0.2, 0) is 25.5 Å². The molecule has 1 fully saturated rings. The van der Waals surface area contributed by atoms with Gasteiger partial charge in [-0.15, -0.1) is 0 Å². The fourth-order valence-electron chi connectivity index (χ4n) is 3.58. The van der Waals surface area contributed by atoms with E-state index in [2.05, 4.69) is 0 Å². The normalized spacial score (nSPS) is 22.4. The van der Waals surface area contributed by atoms with Gasteiger partial charge >= 0.3 is 5.97 Å². The molecule has 0 radical (unpaired) electrons. The maximum absolute atomic E-state index is 12.8. The highest BCUT2D eigenvalue weighted by atomic mass is 16.5. The van der Waals surface area contributed by atoms with Gasteiger partial charge in [0.15, 0.2) is 6.10 Å². The molecule has 7 heteroatoms. The molecule has 2 heterocycles. The molecule has 2 atom stereocenters. The highest BCUT2D eigenvalue weighted by Crippen LogP contribution is 2.28. The Labute approximate surface area is 152 Å². The van der Waals surface area contributed by atoms with Gasteiger partial charge in [0.05, 0.1) is 19.1 Å². The minimum absolute atomic E-state index is 0.0762. The van der Waals surface area contributed by atoms with Crippen LogP contribution in [0.3, 0.4) is 0 Å². The first-order chi connectivity index (χ1) is 12.5. The quantitative estimate of drug-likeness (QED) is 0.868. The number of carboxylic acids is 1. The molecule has 26 heavy (non-hydrogen) atoms. The Hall–Kier alpha value is -2.41. The van der Waals surface area contributed by atoms with E-state index >= 15 is 0 Å². The zero-order chi connectivity index (χ0) is 18.7. The van der Waals surface area contributed by atoms with Gasteiger partial charge in [-0.3, -0.25) is 14.4 Å². The first kappa shape index (κ1) is 18.4. The van der Waals surface area contributed by atoms with Gasteiger partial charge in [0, 0.05) is 20.1 Å². The summed E-state index contributed by atoms with van der Waals surface area (Å²) in [6.45, 7) is 1.14. The molecule has 0 bridgehead atoms. The largest absolute Gasteiger partial charge is 0.481 e. The second-order valence-electron chi connectivity index (χ2n) is 6.91. The lowest BCUT2D eigenvalue weighted by molar-refractivity contribution is -0.150. The molecule has 2 amide bonds. The molecule has 3 rings (SSSR count). The van der Waals surface area contributed by atoms with E-state index in [4.69, 9.17) is 9.84 Å². The van der Waals surface area contributed by atoms with Crippen molar-refractivity contribution in [2.24, 2.45) is 5.92 Å². The molecule has 1 N–H and O–H groups in total. The predicted molar refractivity (Wildman–Crippen MR) is 93.4 cm³/mol. The molecule has 1 aromatic carbocycles. The van der Waals surface area contributed by atoms with Gasteiger partial charge in [0.1, 0.15) is 0 Å². The molecule has 2 aliphatic rings. The third-order valence-electron chi connectivity index (χ3n) is 5.09. The number of amides is 2. The maximum atomic E-state index is 12.8. The lowest BCUT2D eigenvalue weighted by Gasteiger charge is -2.33. The molecule has 0 aliphatic carbocycles. The number of carbonyl (C=O) groups is 3. The second-order valence-corrected chi connectivity index (χ2v) is 6.91. The zero-order valence-corrected chi connectivity index (χ0v) is 14.9. The molecule has 2 aliphatic heterocycles. The Kier molecular flexibility index (Phi) is 5.56. The molecule has 0 spiro atoms. The number of carboxylic acid groups (broad SMARTS) is 1. The minimum atomic E-state index is -0.876. The molecule has 0 aromatic heterocycles. The number of likely N-dealkylation sites (N-methyl/N-ethyl adjacent to an activating group) is 1. The van der Waals surface area contributed by atoms with Crippen LogP contribution in [0.1, 0.15) is 30.1 Å². The first-order valence-corrected chi connectivity index (χ1v) is 8.92. The smallest absolute Gasteiger partial charge is 0.308 e. The van der Waals surface area contributed by atoms with Gasteiger partial charge in [-0.2, -0.15) is 0 Å². The van der Waals surface area contributed by atoms with Crippen molar-refractivity contribution >= 4 is 17.8 Å². The lowest BCUT2D eigenvalue weighted by Crippen LogP contribution is -2.47. The summed E-state index contributed by atoms with van der Waals surface area (Å²) in [6.07, 6.45) is 1.33. The number of piperidine rings is 1. The number of ether oxygens (including phenoxy) is 1. The maximum Gasteiger partial charge on any atom is 0.308 e. The third kappa shape index (κ3) is 3.88. The first-order valence-electron chi connectivity index (χ1n) is 8.92. The number of benzene rings is 1. The van der Waals surface area contributed by atoms with E-state index in [1.165, 1.54) is 4.90 Å². The highest BCUT2D eigenvalue weighted by Gasteiger charge is 2.32. The van der Waals surface area contributed by atoms with Crippen molar-refractivity contribution in [1.29, 1.82) is 0 Å². The number of carbonyl (C=O) groups excluding carboxylic acids is 2. The van der Waals surface area contributed by atoms with E-state index < -0.39 is 18.0 Å². The van der Waals surface area contributed by atoms with Crippen molar-refractivity contribution < 1.29 is 24.2 Å². The molecular weight excluding hydrogens is 336 g/mol. The monoisotopic (exact) mass is 360 g/mol. The average molecular weight is 360 g/mol. The van der Waals surface area contributed by atoms with Crippen LogP contribution in [0.5, 0.6) is 0 Å². The van der Waals surface area contributed by atoms with Crippen LogP contribution in [0.25, 0.3) is 0 Å². The topological polar surface area (TPSA) is 87.2 Å². The summed E-state index contributed by atoms with van der Waals surface area (Å²) < 4.78 is 5.67. The van der Waals surface area contributed by atoms with Crippen molar-refractivity contribution in [3.8, 4) is 0 Å². The molecule has 7 nitrogen and oxygen atoms in total. The fraction of sp³-hybridized carbons (Fsp3) is 0.526. The van der Waals surface area contributed by atoms with E-state index in [-0.39, 0.29) is 24.9 Å². The molecular formula is C19H24N2O5. The summed E-state index contributed by atoms with van der Waals surface area (Å²) in [5.74, 6) is -1.88. The van der Waals surface area contributed by atoms with Crippen LogP contribution in [0, 0.1) is 5.92 Å². The van der Waals surface area contributed by atoms with Crippen LogP contribution >= 0.6 is 0 Å². The third-order valence-corrected chi connectivity index (χ3v) is 5.09. The number of hydrogen-bond acceptors (Lipinski definition) is 4. The number of rotatable bonds is 4. The average Bonchev–Trinajstić information content (AvgIpc) is 2.67. The van der Waals surface area contributed by atoms with E-state index in [0.717, 1.165) is 17.5 Å². The number of likely N-dealkylation sites (tertiary alicyclic amines) is 1. The van der Waals surface area contributed by atoms with Crippen molar-refractivity contribution in [3.63, 3.8) is 0 Å². The van der Waals surface area contributed by atoms with Crippen LogP contribution in [0.2, 0.25) is 0 Å². The second kappa shape index (κ2) is 7.86. The standard InChI is InChI=1S/C19H24N2O5/c1-20(12-16(22)21-9-4-6-14(11-21)19(24)25)18(23)17-15-7-3-2-5-13(15)8-10-26-17/h2-3,5,7,14,17H,4,6,8-12H2,1H3,(H,24,25). The molecule has 140 valence electrons. The highest BCUT2D eigenvalue weighted by molar-refractivity contribution is 5.88. The van der Waals surface area contributed by atoms with Gasteiger partial charge in [-0.1, -0.05) is 24.3 Å². The van der Waals surface area contributed by atoms with Crippen molar-refractivity contribution in [1.82, 2.24) is 9.80 Å². The summed E-state index contributed by atoms with van der Waals surface area (Å²) in [5, 5.41) is 9.15. The van der Waals surface area contributed by atoms with Gasteiger partial charge < -0.3 is 19.6 Å². The van der Waals surface area contributed by atoms with Gasteiger partial charge in [-0.05, 0) is 30.4 Å². The number of hydrogen-bond donors (Lipinski definition) is 1. The fourth-order valence-corrected chi connectivity index (χ4v) is 3.58. The summed E-state index contributed by atoms with van der Waals surface area (Å²) in [5.41, 5.74) is 1.95. The van der Waals surface area contributed by atoms with Crippen molar-refractivity contribution in [2.45, 2.75) is 25.4 Å². The SMILES string of the molecule is CN(CC(=O)N1CCCC(C(=O)O)C1)C(=O)C1OCCc2ccccc21. The predicted octanol–water partition coefficient (Wildman–Crippen LogP) is 1.08. The Morgan fingerprint density at radius 1 is 1.31 bits per heavy atom. The summed E-state index contributed by atoms with van der Waals surface area (Å²) in [7, 11) is 1.58. The molecule has 1 saturated heterocycles. The summed E-state index contributed by atoms with van der Waals surface area (Å²) in [4.78, 5) is 39.4. The molecule has 0 saturated carbocycles. The van der Waals surface area contributed by atoms with E-state index in [1.807, 2.05) is 24.3 Å². The van der Waals surface area contributed by atoms with Gasteiger partial charge in [0.2, 0.25) is 5.91 Å². The molecule has 2 unspecified atom stereocenters. The Balaban J connectivity index is 1.63. The summed E-state index contributed by atoms with van der Waals surface area (Å²) in [6, 6.07) is 7.69. The van der Waals surface area contributed by atoms with E-state index in [1.54, 1.807) is 11.9 Å². The van der Waals surface area contributed by atoms with Crippen LogP contribution < -0.4 is 0 Å². The lowest BCUT2D eigenvalue weighted by atomic mass is 9.97.